The molecule has 0 radical (unpaired) electrons. The molecule has 0 aromatic heterocycles. The summed E-state index contributed by atoms with van der Waals surface area (Å²) in [5.41, 5.74) is 1.41. The molecule has 122 valence electrons. The van der Waals surface area contributed by atoms with Crippen molar-refractivity contribution in [2.75, 3.05) is 14.2 Å². The highest BCUT2D eigenvalue weighted by Gasteiger charge is 2.19. The Morgan fingerprint density at radius 3 is 2.35 bits per heavy atom. The lowest BCUT2D eigenvalue weighted by molar-refractivity contribution is -0.131. The summed E-state index contributed by atoms with van der Waals surface area (Å²) in [5, 5.41) is 0. The summed E-state index contributed by atoms with van der Waals surface area (Å²) in [4.78, 5) is 13.9. The van der Waals surface area contributed by atoms with Gasteiger partial charge in [-0.3, -0.25) is 4.79 Å². The average Bonchev–Trinajstić information content (AvgIpc) is 2.56. The van der Waals surface area contributed by atoms with Gasteiger partial charge in [-0.2, -0.15) is 0 Å². The lowest BCUT2D eigenvalue weighted by atomic mass is 10.1. The van der Waals surface area contributed by atoms with Gasteiger partial charge in [0.1, 0.15) is 5.75 Å². The maximum Gasteiger partial charge on any atom is 0.227 e. The fourth-order valence-corrected chi connectivity index (χ4v) is 2.25. The number of halogens is 2. The van der Waals surface area contributed by atoms with Crippen LogP contribution in [0, 0.1) is 11.6 Å². The number of benzene rings is 2. The molecule has 2 rings (SSSR count). The number of amides is 1. The Kier molecular flexibility index (Phi) is 5.32. The summed E-state index contributed by atoms with van der Waals surface area (Å²) >= 11 is 0. The van der Waals surface area contributed by atoms with Gasteiger partial charge in [-0.1, -0.05) is 18.2 Å². The Morgan fingerprint density at radius 1 is 1.13 bits per heavy atom. The fourth-order valence-electron chi connectivity index (χ4n) is 2.25. The van der Waals surface area contributed by atoms with E-state index in [1.165, 1.54) is 11.0 Å². The minimum atomic E-state index is -0.912. The number of ether oxygens (including phenoxy) is 1. The molecular weight excluding hydrogens is 300 g/mol. The minimum Gasteiger partial charge on any atom is -0.497 e. The summed E-state index contributed by atoms with van der Waals surface area (Å²) < 4.78 is 31.4. The molecule has 0 fully saturated rings. The van der Waals surface area contributed by atoms with Crippen LogP contribution in [0.15, 0.2) is 42.5 Å². The number of hydrogen-bond donors (Lipinski definition) is 0. The third-order valence-electron chi connectivity index (χ3n) is 3.91. The molecular formula is C18H19F2NO2. The summed E-state index contributed by atoms with van der Waals surface area (Å²) in [6.45, 7) is 1.78. The molecule has 2 aromatic carbocycles. The van der Waals surface area contributed by atoms with Gasteiger partial charge in [0.15, 0.2) is 11.6 Å². The quantitative estimate of drug-likeness (QED) is 0.840. The summed E-state index contributed by atoms with van der Waals surface area (Å²) in [6.07, 6.45) is 0.231. The molecule has 0 bridgehead atoms. The highest BCUT2D eigenvalue weighted by Crippen LogP contribution is 2.22. The highest BCUT2D eigenvalue weighted by molar-refractivity contribution is 5.79. The van der Waals surface area contributed by atoms with Crippen molar-refractivity contribution in [2.45, 2.75) is 19.4 Å². The first-order valence-corrected chi connectivity index (χ1v) is 7.26. The molecule has 0 saturated heterocycles. The molecule has 0 aliphatic carbocycles. The van der Waals surface area contributed by atoms with Crippen LogP contribution in [0.25, 0.3) is 0 Å². The van der Waals surface area contributed by atoms with Gasteiger partial charge in [0.05, 0.1) is 19.6 Å². The van der Waals surface area contributed by atoms with Crippen LogP contribution in [-0.4, -0.2) is 25.0 Å². The normalized spacial score (nSPS) is 11.9. The van der Waals surface area contributed by atoms with E-state index in [1.54, 1.807) is 33.2 Å². The molecule has 0 aliphatic rings. The van der Waals surface area contributed by atoms with Crippen molar-refractivity contribution in [1.29, 1.82) is 0 Å². The van der Waals surface area contributed by atoms with E-state index in [0.717, 1.165) is 23.4 Å². The van der Waals surface area contributed by atoms with Crippen molar-refractivity contribution in [3.8, 4) is 5.75 Å². The van der Waals surface area contributed by atoms with E-state index in [9.17, 15) is 13.6 Å². The van der Waals surface area contributed by atoms with E-state index in [2.05, 4.69) is 0 Å². The van der Waals surface area contributed by atoms with Crippen molar-refractivity contribution < 1.29 is 18.3 Å². The molecule has 2 aromatic rings. The van der Waals surface area contributed by atoms with Crippen LogP contribution >= 0.6 is 0 Å². The van der Waals surface area contributed by atoms with Gasteiger partial charge in [-0.05, 0) is 42.3 Å². The topological polar surface area (TPSA) is 29.5 Å². The molecule has 0 heterocycles. The summed E-state index contributed by atoms with van der Waals surface area (Å²) in [5.74, 6) is -1.18. The van der Waals surface area contributed by atoms with Crippen molar-refractivity contribution in [2.24, 2.45) is 0 Å². The lowest BCUT2D eigenvalue weighted by Gasteiger charge is -2.25. The number of carbonyl (C=O) groups excluding carboxylic acids is 1. The van der Waals surface area contributed by atoms with Crippen LogP contribution in [0.3, 0.4) is 0 Å². The SMILES string of the molecule is COc1ccc(CC(=O)N(C)C(C)c2ccc(F)c(F)c2)cc1. The first kappa shape index (κ1) is 16.9. The van der Waals surface area contributed by atoms with E-state index < -0.39 is 11.6 Å². The summed E-state index contributed by atoms with van der Waals surface area (Å²) in [7, 11) is 3.23. The number of rotatable bonds is 5. The minimum absolute atomic E-state index is 0.104. The van der Waals surface area contributed by atoms with E-state index >= 15 is 0 Å². The zero-order chi connectivity index (χ0) is 17.0. The first-order valence-electron chi connectivity index (χ1n) is 7.26. The van der Waals surface area contributed by atoms with Gasteiger partial charge >= 0.3 is 0 Å². The maximum absolute atomic E-state index is 13.3. The molecule has 0 spiro atoms. The Hall–Kier alpha value is -2.43. The van der Waals surface area contributed by atoms with Crippen LogP contribution in [-0.2, 0) is 11.2 Å². The Labute approximate surface area is 134 Å². The number of nitrogens with zero attached hydrogens (tertiary/aromatic N) is 1. The van der Waals surface area contributed by atoms with Crippen LogP contribution < -0.4 is 4.74 Å². The lowest BCUT2D eigenvalue weighted by Crippen LogP contribution is -2.31. The second kappa shape index (κ2) is 7.22. The zero-order valence-electron chi connectivity index (χ0n) is 13.3. The van der Waals surface area contributed by atoms with Gasteiger partial charge in [0, 0.05) is 7.05 Å². The van der Waals surface area contributed by atoms with E-state index in [0.29, 0.717) is 5.56 Å². The molecule has 5 heteroatoms. The zero-order valence-corrected chi connectivity index (χ0v) is 13.3. The van der Waals surface area contributed by atoms with Gasteiger partial charge < -0.3 is 9.64 Å². The number of carbonyl (C=O) groups is 1. The van der Waals surface area contributed by atoms with Crippen LogP contribution in [0.5, 0.6) is 5.75 Å². The van der Waals surface area contributed by atoms with Crippen molar-refractivity contribution in [3.05, 3.63) is 65.2 Å². The molecule has 1 atom stereocenters. The number of hydrogen-bond acceptors (Lipinski definition) is 2. The van der Waals surface area contributed by atoms with Crippen LogP contribution in [0.2, 0.25) is 0 Å². The maximum atomic E-state index is 13.3. The van der Waals surface area contributed by atoms with Crippen LogP contribution in [0.4, 0.5) is 8.78 Å². The monoisotopic (exact) mass is 319 g/mol. The van der Waals surface area contributed by atoms with Crippen molar-refractivity contribution in [1.82, 2.24) is 4.90 Å². The second-order valence-electron chi connectivity index (χ2n) is 5.38. The third kappa shape index (κ3) is 4.06. The Bertz CT molecular complexity index is 686. The van der Waals surface area contributed by atoms with Crippen LogP contribution in [0.1, 0.15) is 24.1 Å². The molecule has 0 N–H and O–H groups in total. The van der Waals surface area contributed by atoms with E-state index in [-0.39, 0.29) is 18.4 Å². The fraction of sp³-hybridized carbons (Fsp3) is 0.278. The predicted molar refractivity (Wildman–Crippen MR) is 84.2 cm³/mol. The highest BCUT2D eigenvalue weighted by atomic mass is 19.2. The largest absolute Gasteiger partial charge is 0.497 e. The molecule has 1 unspecified atom stereocenters. The van der Waals surface area contributed by atoms with Gasteiger partial charge in [-0.25, -0.2) is 8.78 Å². The molecule has 0 saturated carbocycles. The predicted octanol–water partition coefficient (Wildman–Crippen LogP) is 3.74. The average molecular weight is 319 g/mol. The van der Waals surface area contributed by atoms with Gasteiger partial charge in [0.2, 0.25) is 5.91 Å². The van der Waals surface area contributed by atoms with Crippen molar-refractivity contribution in [3.63, 3.8) is 0 Å². The Morgan fingerprint density at radius 2 is 1.78 bits per heavy atom. The van der Waals surface area contributed by atoms with E-state index in [4.69, 9.17) is 4.74 Å². The first-order chi connectivity index (χ1) is 10.9. The Balaban J connectivity index is 2.06. The molecule has 23 heavy (non-hydrogen) atoms. The number of likely N-dealkylation sites (N-methyl/N-ethyl adjacent to an activating group) is 1. The molecule has 3 nitrogen and oxygen atoms in total. The van der Waals surface area contributed by atoms with Gasteiger partial charge in [-0.15, -0.1) is 0 Å². The van der Waals surface area contributed by atoms with Gasteiger partial charge in [0.25, 0.3) is 0 Å². The second-order valence-corrected chi connectivity index (χ2v) is 5.38. The number of methoxy groups -OCH3 is 1. The van der Waals surface area contributed by atoms with Crippen molar-refractivity contribution >= 4 is 5.91 Å². The third-order valence-corrected chi connectivity index (χ3v) is 3.91. The standard InChI is InChI=1S/C18H19F2NO2/c1-12(14-6-9-16(19)17(20)11-14)21(2)18(22)10-13-4-7-15(23-3)8-5-13/h4-9,11-12H,10H2,1-3H3. The summed E-state index contributed by atoms with van der Waals surface area (Å²) in [6, 6.07) is 10.6. The smallest absolute Gasteiger partial charge is 0.227 e. The molecule has 1 amide bonds. The molecule has 0 aliphatic heterocycles. The van der Waals surface area contributed by atoms with E-state index in [1.807, 2.05) is 12.1 Å².